The Morgan fingerprint density at radius 2 is 2.12 bits per heavy atom. The van der Waals surface area contributed by atoms with Gasteiger partial charge in [-0.25, -0.2) is 8.78 Å². The van der Waals surface area contributed by atoms with Gasteiger partial charge in [-0.15, -0.1) is 0 Å². The molecule has 1 amide bonds. The highest BCUT2D eigenvalue weighted by atomic mass is 19.3. The van der Waals surface area contributed by atoms with Crippen LogP contribution in [0.15, 0.2) is 0 Å². The molecule has 0 aliphatic carbocycles. The normalized spacial score (nSPS) is 26.9. The molecule has 7 heteroatoms. The van der Waals surface area contributed by atoms with E-state index in [9.17, 15) is 22.4 Å². The van der Waals surface area contributed by atoms with Gasteiger partial charge in [-0.3, -0.25) is 4.79 Å². The van der Waals surface area contributed by atoms with Gasteiger partial charge in [-0.05, 0) is 26.3 Å². The molecular formula is C9H14F4N2O. The molecule has 0 radical (unpaired) electrons. The van der Waals surface area contributed by atoms with E-state index in [0.29, 0.717) is 6.42 Å². The third kappa shape index (κ3) is 2.84. The second-order valence-electron chi connectivity index (χ2n) is 3.89. The molecule has 0 aromatic rings. The van der Waals surface area contributed by atoms with E-state index in [0.717, 1.165) is 13.0 Å². The van der Waals surface area contributed by atoms with Crippen LogP contribution in [0.4, 0.5) is 17.6 Å². The van der Waals surface area contributed by atoms with E-state index in [1.807, 2.05) is 5.32 Å². The first-order valence-electron chi connectivity index (χ1n) is 5.06. The van der Waals surface area contributed by atoms with Gasteiger partial charge in [-0.2, -0.15) is 8.78 Å². The number of hydrogen-bond donors (Lipinski definition) is 2. The van der Waals surface area contributed by atoms with Crippen LogP contribution >= 0.6 is 0 Å². The minimum atomic E-state index is -4.61. The van der Waals surface area contributed by atoms with Crippen LogP contribution in [0.3, 0.4) is 0 Å². The minimum absolute atomic E-state index is 0.189. The lowest BCUT2D eigenvalue weighted by Crippen LogP contribution is -2.56. The van der Waals surface area contributed by atoms with Crippen LogP contribution < -0.4 is 10.6 Å². The Hall–Kier alpha value is -0.850. The van der Waals surface area contributed by atoms with Crippen LogP contribution in [0.1, 0.15) is 19.8 Å². The number of carbonyl (C=O) groups excluding carboxylic acids is 1. The van der Waals surface area contributed by atoms with Gasteiger partial charge >= 0.3 is 12.3 Å². The van der Waals surface area contributed by atoms with E-state index in [4.69, 9.17) is 0 Å². The van der Waals surface area contributed by atoms with Crippen molar-refractivity contribution >= 4 is 5.91 Å². The summed E-state index contributed by atoms with van der Waals surface area (Å²) in [5, 5.41) is 4.93. The second-order valence-corrected chi connectivity index (χ2v) is 3.89. The fraction of sp³-hybridized carbons (Fsp3) is 0.889. The summed E-state index contributed by atoms with van der Waals surface area (Å²) in [4.78, 5) is 11.0. The summed E-state index contributed by atoms with van der Waals surface area (Å²) in [6.45, 7) is 2.45. The number of hydrogen-bond acceptors (Lipinski definition) is 2. The maximum absolute atomic E-state index is 12.6. The third-order valence-electron chi connectivity index (χ3n) is 2.66. The molecule has 0 aromatic carbocycles. The molecule has 1 heterocycles. The molecule has 0 bridgehead atoms. The van der Waals surface area contributed by atoms with Crippen molar-refractivity contribution in [3.05, 3.63) is 0 Å². The maximum atomic E-state index is 12.6. The van der Waals surface area contributed by atoms with Gasteiger partial charge in [0.2, 0.25) is 0 Å². The highest BCUT2D eigenvalue weighted by Crippen LogP contribution is 2.23. The quantitative estimate of drug-likeness (QED) is 0.729. The lowest BCUT2D eigenvalue weighted by Gasteiger charge is -2.31. The smallest absolute Gasteiger partial charge is 0.346 e. The number of carbonyl (C=O) groups is 1. The summed E-state index contributed by atoms with van der Waals surface area (Å²) in [6.07, 6.45) is -2.74. The molecule has 1 saturated heterocycles. The highest BCUT2D eigenvalue weighted by molar-refractivity contribution is 5.84. The number of rotatable bonds is 3. The molecule has 0 saturated carbocycles. The first-order valence-corrected chi connectivity index (χ1v) is 5.06. The summed E-state index contributed by atoms with van der Waals surface area (Å²) >= 11 is 0. The molecule has 1 aliphatic rings. The van der Waals surface area contributed by atoms with Crippen LogP contribution in [0.2, 0.25) is 0 Å². The van der Waals surface area contributed by atoms with Crippen molar-refractivity contribution in [3.63, 3.8) is 0 Å². The van der Waals surface area contributed by atoms with Gasteiger partial charge in [0, 0.05) is 12.1 Å². The van der Waals surface area contributed by atoms with Crippen molar-refractivity contribution in [2.24, 2.45) is 0 Å². The molecule has 0 spiro atoms. The Morgan fingerprint density at radius 3 is 2.62 bits per heavy atom. The SMILES string of the molecule is CC1NCCCC1NC(=O)C(F)(F)C(F)F. The zero-order valence-electron chi connectivity index (χ0n) is 8.77. The van der Waals surface area contributed by atoms with Crippen LogP contribution in [0.5, 0.6) is 0 Å². The zero-order chi connectivity index (χ0) is 12.3. The summed E-state index contributed by atoms with van der Waals surface area (Å²) < 4.78 is 49.1. The van der Waals surface area contributed by atoms with E-state index in [1.165, 1.54) is 0 Å². The molecule has 0 aromatic heterocycles. The van der Waals surface area contributed by atoms with Gasteiger partial charge in [-0.1, -0.05) is 0 Å². The zero-order valence-corrected chi connectivity index (χ0v) is 8.77. The van der Waals surface area contributed by atoms with Crippen molar-refractivity contribution in [3.8, 4) is 0 Å². The molecule has 1 aliphatic heterocycles. The van der Waals surface area contributed by atoms with Crippen molar-refractivity contribution in [1.29, 1.82) is 0 Å². The average molecular weight is 242 g/mol. The fourth-order valence-corrected chi connectivity index (χ4v) is 1.60. The first kappa shape index (κ1) is 13.2. The minimum Gasteiger partial charge on any atom is -0.346 e. The summed E-state index contributed by atoms with van der Waals surface area (Å²) in [6, 6.07) is -0.711. The van der Waals surface area contributed by atoms with Crippen molar-refractivity contribution in [1.82, 2.24) is 10.6 Å². The number of alkyl halides is 4. The first-order chi connectivity index (χ1) is 7.35. The summed E-state index contributed by atoms with van der Waals surface area (Å²) in [7, 11) is 0. The lowest BCUT2D eigenvalue weighted by molar-refractivity contribution is -0.170. The number of nitrogens with one attached hydrogen (secondary N) is 2. The van der Waals surface area contributed by atoms with Crippen molar-refractivity contribution in [2.45, 2.75) is 44.2 Å². The Kier molecular flexibility index (Phi) is 4.12. The van der Waals surface area contributed by atoms with E-state index in [-0.39, 0.29) is 6.04 Å². The van der Waals surface area contributed by atoms with Crippen LogP contribution in [-0.2, 0) is 4.79 Å². The molecule has 1 fully saturated rings. The number of piperidine rings is 1. The molecule has 94 valence electrons. The Morgan fingerprint density at radius 1 is 1.50 bits per heavy atom. The topological polar surface area (TPSA) is 41.1 Å². The van der Waals surface area contributed by atoms with E-state index in [1.54, 1.807) is 6.92 Å². The molecule has 2 unspecified atom stereocenters. The molecule has 2 atom stereocenters. The highest BCUT2D eigenvalue weighted by Gasteiger charge is 2.49. The van der Waals surface area contributed by atoms with Crippen LogP contribution in [0.25, 0.3) is 0 Å². The largest absolute Gasteiger partial charge is 0.383 e. The average Bonchev–Trinajstić information content (AvgIpc) is 2.21. The molecular weight excluding hydrogens is 228 g/mol. The molecule has 16 heavy (non-hydrogen) atoms. The third-order valence-corrected chi connectivity index (χ3v) is 2.66. The number of halogens is 4. The Labute approximate surface area is 90.6 Å². The van der Waals surface area contributed by atoms with Crippen molar-refractivity contribution in [2.75, 3.05) is 6.54 Å². The van der Waals surface area contributed by atoms with E-state index < -0.39 is 24.3 Å². The van der Waals surface area contributed by atoms with Gasteiger partial charge in [0.25, 0.3) is 5.91 Å². The van der Waals surface area contributed by atoms with Crippen LogP contribution in [-0.4, -0.2) is 36.9 Å². The maximum Gasteiger partial charge on any atom is 0.383 e. The Balaban J connectivity index is 2.56. The van der Waals surface area contributed by atoms with Crippen LogP contribution in [0, 0.1) is 0 Å². The second kappa shape index (κ2) is 4.99. The standard InChI is InChI=1S/C9H14F4N2O/c1-5-6(3-2-4-14-5)15-8(16)9(12,13)7(10)11/h5-7,14H,2-4H2,1H3,(H,15,16). The van der Waals surface area contributed by atoms with Crippen molar-refractivity contribution < 1.29 is 22.4 Å². The van der Waals surface area contributed by atoms with E-state index >= 15 is 0 Å². The molecule has 2 N–H and O–H groups in total. The van der Waals surface area contributed by atoms with Gasteiger partial charge in [0.15, 0.2) is 0 Å². The van der Waals surface area contributed by atoms with Gasteiger partial charge in [0.05, 0.1) is 0 Å². The molecule has 1 rings (SSSR count). The Bertz CT molecular complexity index is 260. The molecule has 3 nitrogen and oxygen atoms in total. The summed E-state index contributed by atoms with van der Waals surface area (Å²) in [5.41, 5.74) is 0. The van der Waals surface area contributed by atoms with Gasteiger partial charge in [0.1, 0.15) is 0 Å². The van der Waals surface area contributed by atoms with E-state index in [2.05, 4.69) is 5.32 Å². The summed E-state index contributed by atoms with van der Waals surface area (Å²) in [5.74, 6) is -6.51. The fourth-order valence-electron chi connectivity index (χ4n) is 1.60. The van der Waals surface area contributed by atoms with Gasteiger partial charge < -0.3 is 10.6 Å². The predicted octanol–water partition coefficient (Wildman–Crippen LogP) is 1.14. The lowest BCUT2D eigenvalue weighted by atomic mass is 9.99. The monoisotopic (exact) mass is 242 g/mol. The predicted molar refractivity (Wildman–Crippen MR) is 49.6 cm³/mol. The number of amides is 1.